The number of H-pyrrole nitrogens is 1. The molecule has 1 aliphatic carbocycles. The number of allylic oxidation sites excluding steroid dienone is 2. The predicted molar refractivity (Wildman–Crippen MR) is 177 cm³/mol. The Balaban J connectivity index is 1.08. The highest BCUT2D eigenvalue weighted by Gasteiger charge is 2.25. The number of aryl methyl sites for hydroxylation is 1. The Morgan fingerprint density at radius 1 is 1.14 bits per heavy atom. The summed E-state index contributed by atoms with van der Waals surface area (Å²) in [6.07, 6.45) is 12.3. The molecular weight excluding hydrogens is 554 g/mol. The van der Waals surface area contributed by atoms with Gasteiger partial charge in [-0.05, 0) is 72.7 Å². The molecule has 1 aliphatic heterocycles. The van der Waals surface area contributed by atoms with E-state index in [0.29, 0.717) is 6.42 Å². The predicted octanol–water partition coefficient (Wildman–Crippen LogP) is 6.65. The van der Waals surface area contributed by atoms with Gasteiger partial charge in [-0.1, -0.05) is 48.6 Å². The van der Waals surface area contributed by atoms with Gasteiger partial charge in [-0.2, -0.15) is 5.10 Å². The van der Waals surface area contributed by atoms with Crippen LogP contribution in [-0.4, -0.2) is 64.8 Å². The Morgan fingerprint density at radius 3 is 2.84 bits per heavy atom. The van der Waals surface area contributed by atoms with Gasteiger partial charge in [0, 0.05) is 61.0 Å². The maximum atomic E-state index is 12.6. The first-order chi connectivity index (χ1) is 21.1. The molecule has 0 bridgehead atoms. The van der Waals surface area contributed by atoms with E-state index in [-0.39, 0.29) is 12.0 Å². The average molecular weight is 594 g/mol. The summed E-state index contributed by atoms with van der Waals surface area (Å²) in [7, 11) is 0. The minimum absolute atomic E-state index is 0.0124. The minimum atomic E-state index is -0.0124. The molecule has 3 heterocycles. The molecule has 43 heavy (non-hydrogen) atoms. The van der Waals surface area contributed by atoms with Gasteiger partial charge >= 0.3 is 0 Å². The summed E-state index contributed by atoms with van der Waals surface area (Å²) < 4.78 is 6.00. The standard InChI is InChI=1S/C35H39N5O2S/c1-3-42-34-12-5-4-11-33(34)40-17-15-39(16-18-40)24-27-9-6-8-26(21-27)13-14-30-29-23-31(25(2)20-32(29)38-37-30)36-35(41)22-28-10-7-19-43-28/h4-11,13-14,19-21,23,34H,3,12,15-18,22,24H2,1-2H3,(H,36,41)(H,37,38)/b14-13+. The number of anilines is 1. The smallest absolute Gasteiger partial charge is 0.229 e. The number of fused-ring (bicyclic) bond motifs is 1. The van der Waals surface area contributed by atoms with Crippen molar-refractivity contribution in [3.63, 3.8) is 0 Å². The molecule has 8 heteroatoms. The third-order valence-electron chi connectivity index (χ3n) is 8.11. The van der Waals surface area contributed by atoms with Crippen LogP contribution in [0, 0.1) is 6.92 Å². The second-order valence-corrected chi connectivity index (χ2v) is 12.2. The molecular formula is C35H39N5O2S. The Morgan fingerprint density at radius 2 is 2.02 bits per heavy atom. The van der Waals surface area contributed by atoms with Crippen LogP contribution in [0.5, 0.6) is 0 Å². The molecule has 2 aliphatic rings. The van der Waals surface area contributed by atoms with E-state index in [1.165, 1.54) is 11.3 Å². The number of hydrogen-bond acceptors (Lipinski definition) is 6. The quantitative estimate of drug-likeness (QED) is 0.215. The fourth-order valence-corrected chi connectivity index (χ4v) is 6.58. The van der Waals surface area contributed by atoms with Gasteiger partial charge in [0.25, 0.3) is 0 Å². The molecule has 2 N–H and O–H groups in total. The van der Waals surface area contributed by atoms with Gasteiger partial charge in [-0.15, -0.1) is 11.3 Å². The molecule has 1 atom stereocenters. The maximum Gasteiger partial charge on any atom is 0.229 e. The molecule has 6 rings (SSSR count). The lowest BCUT2D eigenvalue weighted by Crippen LogP contribution is -2.47. The number of aromatic nitrogens is 2. The van der Waals surface area contributed by atoms with Crippen molar-refractivity contribution in [2.75, 3.05) is 38.1 Å². The van der Waals surface area contributed by atoms with Crippen LogP contribution in [0.25, 0.3) is 23.1 Å². The number of thiophene rings is 1. The van der Waals surface area contributed by atoms with Crippen LogP contribution < -0.4 is 5.32 Å². The number of nitrogens with zero attached hydrogens (tertiary/aromatic N) is 3. The Labute approximate surface area is 257 Å². The highest BCUT2D eigenvalue weighted by atomic mass is 32.1. The number of nitrogens with one attached hydrogen (secondary N) is 2. The van der Waals surface area contributed by atoms with E-state index in [9.17, 15) is 4.79 Å². The van der Waals surface area contributed by atoms with Gasteiger partial charge in [0.05, 0.1) is 17.6 Å². The number of benzene rings is 2. The van der Waals surface area contributed by atoms with Crippen LogP contribution >= 0.6 is 11.3 Å². The first-order valence-electron chi connectivity index (χ1n) is 15.1. The summed E-state index contributed by atoms with van der Waals surface area (Å²) in [6, 6.07) is 16.7. The Kier molecular flexibility index (Phi) is 9.17. The molecule has 2 aromatic carbocycles. The molecule has 1 amide bonds. The highest BCUT2D eigenvalue weighted by Crippen LogP contribution is 2.27. The lowest BCUT2D eigenvalue weighted by Gasteiger charge is -2.40. The Bertz CT molecular complexity index is 1640. The fraction of sp³-hybridized carbons (Fsp3) is 0.314. The Hall–Kier alpha value is -3.98. The summed E-state index contributed by atoms with van der Waals surface area (Å²) in [5.74, 6) is -0.0124. The van der Waals surface area contributed by atoms with Crippen molar-refractivity contribution in [2.24, 2.45) is 0 Å². The fourth-order valence-electron chi connectivity index (χ4n) is 5.87. The zero-order chi connectivity index (χ0) is 29.6. The van der Waals surface area contributed by atoms with Gasteiger partial charge in [-0.3, -0.25) is 14.8 Å². The van der Waals surface area contributed by atoms with Crippen LogP contribution in [0.15, 0.2) is 77.8 Å². The molecule has 0 radical (unpaired) electrons. The molecule has 0 spiro atoms. The van der Waals surface area contributed by atoms with E-state index in [4.69, 9.17) is 4.74 Å². The summed E-state index contributed by atoms with van der Waals surface area (Å²) in [5.41, 5.74) is 7.39. The number of hydrogen-bond donors (Lipinski definition) is 2. The first-order valence-corrected chi connectivity index (χ1v) is 16.0. The number of rotatable bonds is 10. The van der Waals surface area contributed by atoms with E-state index < -0.39 is 0 Å². The second-order valence-electron chi connectivity index (χ2n) is 11.2. The molecule has 2 aromatic heterocycles. The van der Waals surface area contributed by atoms with E-state index in [1.807, 2.05) is 42.6 Å². The summed E-state index contributed by atoms with van der Waals surface area (Å²) in [5, 5.41) is 13.8. The highest BCUT2D eigenvalue weighted by molar-refractivity contribution is 7.10. The monoisotopic (exact) mass is 593 g/mol. The lowest BCUT2D eigenvalue weighted by atomic mass is 10.0. The van der Waals surface area contributed by atoms with Crippen LogP contribution in [0.1, 0.15) is 40.6 Å². The number of carbonyl (C=O) groups is 1. The zero-order valence-corrected chi connectivity index (χ0v) is 25.7. The molecule has 1 fully saturated rings. The SMILES string of the molecule is CCOC1CC=CC=C1N1CCN(Cc2cccc(/C=C/c3n[nH]c4cc(C)c(NC(=O)Cc5cccs5)cc34)c2)CC1. The van der Waals surface area contributed by atoms with Crippen molar-refractivity contribution in [1.82, 2.24) is 20.0 Å². The van der Waals surface area contributed by atoms with Crippen molar-refractivity contribution in [3.8, 4) is 0 Å². The van der Waals surface area contributed by atoms with Gasteiger partial charge < -0.3 is 15.0 Å². The molecule has 0 saturated carbocycles. The van der Waals surface area contributed by atoms with Crippen LogP contribution in [0.3, 0.4) is 0 Å². The van der Waals surface area contributed by atoms with E-state index >= 15 is 0 Å². The van der Waals surface area contributed by atoms with Crippen molar-refractivity contribution < 1.29 is 9.53 Å². The molecule has 7 nitrogen and oxygen atoms in total. The number of piperazine rings is 1. The van der Waals surface area contributed by atoms with Crippen molar-refractivity contribution >= 4 is 46.0 Å². The number of carbonyl (C=O) groups excluding carboxylic acids is 1. The number of aromatic amines is 1. The maximum absolute atomic E-state index is 12.6. The molecule has 4 aromatic rings. The normalized spacial score (nSPS) is 17.6. The van der Waals surface area contributed by atoms with E-state index in [0.717, 1.165) is 84.0 Å². The van der Waals surface area contributed by atoms with E-state index in [1.54, 1.807) is 11.3 Å². The van der Waals surface area contributed by atoms with E-state index in [2.05, 4.69) is 80.8 Å². The molecule has 222 valence electrons. The minimum Gasteiger partial charge on any atom is -0.372 e. The summed E-state index contributed by atoms with van der Waals surface area (Å²) in [4.78, 5) is 18.7. The average Bonchev–Trinajstić information content (AvgIpc) is 3.67. The topological polar surface area (TPSA) is 73.5 Å². The van der Waals surface area contributed by atoms with Crippen LogP contribution in [-0.2, 0) is 22.5 Å². The van der Waals surface area contributed by atoms with Crippen molar-refractivity contribution in [1.29, 1.82) is 0 Å². The molecule has 1 saturated heterocycles. The molecule has 1 unspecified atom stereocenters. The third kappa shape index (κ3) is 7.16. The number of ether oxygens (including phenoxy) is 1. The lowest BCUT2D eigenvalue weighted by molar-refractivity contribution is -0.115. The summed E-state index contributed by atoms with van der Waals surface area (Å²) in [6.45, 7) is 9.85. The van der Waals surface area contributed by atoms with Crippen molar-refractivity contribution in [3.05, 3.63) is 105 Å². The second kappa shape index (κ2) is 13.5. The largest absolute Gasteiger partial charge is 0.372 e. The van der Waals surface area contributed by atoms with Crippen LogP contribution in [0.2, 0.25) is 0 Å². The number of amides is 1. The van der Waals surface area contributed by atoms with Gasteiger partial charge in [-0.25, -0.2) is 0 Å². The van der Waals surface area contributed by atoms with Gasteiger partial charge in [0.1, 0.15) is 6.10 Å². The third-order valence-corrected chi connectivity index (χ3v) is 8.98. The first kappa shape index (κ1) is 29.1. The van der Waals surface area contributed by atoms with Crippen LogP contribution in [0.4, 0.5) is 5.69 Å². The van der Waals surface area contributed by atoms with Gasteiger partial charge in [0.15, 0.2) is 0 Å². The van der Waals surface area contributed by atoms with Gasteiger partial charge in [0.2, 0.25) is 5.91 Å². The summed E-state index contributed by atoms with van der Waals surface area (Å²) >= 11 is 1.60. The van der Waals surface area contributed by atoms with Crippen molar-refractivity contribution in [2.45, 2.75) is 39.3 Å². The zero-order valence-electron chi connectivity index (χ0n) is 24.9.